The highest BCUT2D eigenvalue weighted by Gasteiger charge is 2.18. The molecule has 2 rings (SSSR count). The van der Waals surface area contributed by atoms with Crippen LogP contribution in [0.2, 0.25) is 0 Å². The number of thiophene rings is 1. The smallest absolute Gasteiger partial charge is 0.213 e. The van der Waals surface area contributed by atoms with E-state index in [4.69, 9.17) is 0 Å². The second-order valence-corrected chi connectivity index (χ2v) is 7.46. The molecule has 0 spiro atoms. The fourth-order valence-electron chi connectivity index (χ4n) is 2.10. The Labute approximate surface area is 119 Å². The minimum Gasteiger partial charge on any atom is -0.314 e. The van der Waals surface area contributed by atoms with Crippen LogP contribution in [0.15, 0.2) is 16.8 Å². The molecule has 0 radical (unpaired) electrons. The van der Waals surface area contributed by atoms with Crippen molar-refractivity contribution in [3.05, 3.63) is 22.4 Å². The highest BCUT2D eigenvalue weighted by Crippen LogP contribution is 2.16. The molecule has 1 aliphatic rings. The predicted molar refractivity (Wildman–Crippen MR) is 79.0 cm³/mol. The minimum absolute atomic E-state index is 0.153. The van der Waals surface area contributed by atoms with Crippen LogP contribution >= 0.6 is 11.3 Å². The van der Waals surface area contributed by atoms with Crippen LogP contribution in [0.1, 0.15) is 18.5 Å². The van der Waals surface area contributed by atoms with Crippen LogP contribution in [0.4, 0.5) is 0 Å². The number of hydrogen-bond acceptors (Lipinski definition) is 5. The first-order chi connectivity index (χ1) is 9.07. The van der Waals surface area contributed by atoms with Gasteiger partial charge < -0.3 is 5.32 Å². The molecule has 1 aliphatic heterocycles. The topological polar surface area (TPSA) is 61.4 Å². The van der Waals surface area contributed by atoms with Crippen molar-refractivity contribution < 1.29 is 8.42 Å². The van der Waals surface area contributed by atoms with Crippen molar-refractivity contribution in [2.24, 2.45) is 0 Å². The first-order valence-electron chi connectivity index (χ1n) is 6.52. The van der Waals surface area contributed by atoms with Crippen molar-refractivity contribution in [2.75, 3.05) is 38.5 Å². The molecule has 1 fully saturated rings. The van der Waals surface area contributed by atoms with E-state index in [1.807, 2.05) is 23.8 Å². The fraction of sp³-hybridized carbons (Fsp3) is 0.667. The molecule has 2 N–H and O–H groups in total. The summed E-state index contributed by atoms with van der Waals surface area (Å²) in [5.74, 6) is 0.168. The molecule has 19 heavy (non-hydrogen) atoms. The maximum atomic E-state index is 12.0. The van der Waals surface area contributed by atoms with E-state index in [1.54, 1.807) is 11.3 Å². The standard InChI is InChI=1S/C12H21N3O2S2/c1-11(12-2-8-18-10-12)14-19(16,17)9-7-15-5-3-13-4-6-15/h2,8,10-11,13-14H,3-7,9H2,1H3. The third-order valence-corrected chi connectivity index (χ3v) is 5.42. The zero-order valence-electron chi connectivity index (χ0n) is 11.1. The molecule has 1 atom stereocenters. The van der Waals surface area contributed by atoms with Crippen molar-refractivity contribution in [3.8, 4) is 0 Å². The Bertz CT molecular complexity index is 467. The quantitative estimate of drug-likeness (QED) is 0.809. The highest BCUT2D eigenvalue weighted by atomic mass is 32.2. The lowest BCUT2D eigenvalue weighted by molar-refractivity contribution is 0.253. The number of piperazine rings is 1. The molecule has 0 aromatic carbocycles. The van der Waals surface area contributed by atoms with Crippen LogP contribution < -0.4 is 10.0 Å². The van der Waals surface area contributed by atoms with Gasteiger partial charge in [0, 0.05) is 38.8 Å². The van der Waals surface area contributed by atoms with Crippen molar-refractivity contribution in [2.45, 2.75) is 13.0 Å². The van der Waals surface area contributed by atoms with Gasteiger partial charge in [0.1, 0.15) is 0 Å². The number of nitrogens with zero attached hydrogens (tertiary/aromatic N) is 1. The Morgan fingerprint density at radius 1 is 1.47 bits per heavy atom. The molecule has 1 unspecified atom stereocenters. The van der Waals surface area contributed by atoms with Crippen LogP contribution in [0.5, 0.6) is 0 Å². The number of rotatable bonds is 6. The van der Waals surface area contributed by atoms with Crippen molar-refractivity contribution in [1.82, 2.24) is 14.9 Å². The van der Waals surface area contributed by atoms with Crippen LogP contribution in [-0.4, -0.2) is 51.8 Å². The molecule has 108 valence electrons. The van der Waals surface area contributed by atoms with Gasteiger partial charge in [0.15, 0.2) is 0 Å². The molecular weight excluding hydrogens is 282 g/mol. The van der Waals surface area contributed by atoms with Crippen molar-refractivity contribution in [1.29, 1.82) is 0 Å². The van der Waals surface area contributed by atoms with Gasteiger partial charge in [0.25, 0.3) is 0 Å². The zero-order chi connectivity index (χ0) is 13.7. The van der Waals surface area contributed by atoms with E-state index in [0.717, 1.165) is 31.7 Å². The van der Waals surface area contributed by atoms with Crippen LogP contribution in [0, 0.1) is 0 Å². The van der Waals surface area contributed by atoms with Gasteiger partial charge >= 0.3 is 0 Å². The molecule has 1 aromatic heterocycles. The third-order valence-electron chi connectivity index (χ3n) is 3.29. The summed E-state index contributed by atoms with van der Waals surface area (Å²) in [6, 6.07) is 1.80. The molecule has 7 heteroatoms. The molecule has 2 heterocycles. The SMILES string of the molecule is CC(NS(=O)(=O)CCN1CCNCC1)c1ccsc1. The minimum atomic E-state index is -3.21. The average Bonchev–Trinajstić information content (AvgIpc) is 2.91. The van der Waals surface area contributed by atoms with Gasteiger partial charge in [-0.05, 0) is 29.3 Å². The van der Waals surface area contributed by atoms with Gasteiger partial charge in [-0.25, -0.2) is 13.1 Å². The van der Waals surface area contributed by atoms with E-state index >= 15 is 0 Å². The normalized spacial score (nSPS) is 19.4. The van der Waals surface area contributed by atoms with E-state index in [9.17, 15) is 8.42 Å². The summed E-state index contributed by atoms with van der Waals surface area (Å²) in [6.07, 6.45) is 0. The largest absolute Gasteiger partial charge is 0.314 e. The van der Waals surface area contributed by atoms with Gasteiger partial charge in [-0.1, -0.05) is 0 Å². The maximum Gasteiger partial charge on any atom is 0.213 e. The molecule has 1 aromatic rings. The lowest BCUT2D eigenvalue weighted by atomic mass is 10.2. The molecular formula is C12H21N3O2S2. The Hall–Kier alpha value is -0.470. The number of hydrogen-bond donors (Lipinski definition) is 2. The van der Waals surface area contributed by atoms with Crippen molar-refractivity contribution in [3.63, 3.8) is 0 Å². The summed E-state index contributed by atoms with van der Waals surface area (Å²) in [6.45, 7) is 6.22. The summed E-state index contributed by atoms with van der Waals surface area (Å²) in [5.41, 5.74) is 1.02. The van der Waals surface area contributed by atoms with Crippen molar-refractivity contribution >= 4 is 21.4 Å². The Morgan fingerprint density at radius 3 is 2.84 bits per heavy atom. The second-order valence-electron chi connectivity index (χ2n) is 4.81. The first kappa shape index (κ1) is 14.9. The monoisotopic (exact) mass is 303 g/mol. The lowest BCUT2D eigenvalue weighted by Crippen LogP contribution is -2.46. The predicted octanol–water partition coefficient (Wildman–Crippen LogP) is 0.634. The molecule has 0 saturated carbocycles. The highest BCUT2D eigenvalue weighted by molar-refractivity contribution is 7.89. The summed E-state index contributed by atoms with van der Waals surface area (Å²) in [7, 11) is -3.21. The summed E-state index contributed by atoms with van der Waals surface area (Å²) >= 11 is 1.58. The Morgan fingerprint density at radius 2 is 2.21 bits per heavy atom. The van der Waals surface area contributed by atoms with E-state index < -0.39 is 10.0 Å². The fourth-order valence-corrected chi connectivity index (χ4v) is 4.15. The third kappa shape index (κ3) is 4.85. The van der Waals surface area contributed by atoms with E-state index in [1.165, 1.54) is 0 Å². The zero-order valence-corrected chi connectivity index (χ0v) is 12.8. The van der Waals surface area contributed by atoms with Crippen LogP contribution in [0.3, 0.4) is 0 Å². The van der Waals surface area contributed by atoms with E-state index in [2.05, 4.69) is 14.9 Å². The summed E-state index contributed by atoms with van der Waals surface area (Å²) in [4.78, 5) is 2.19. The molecule has 0 aliphatic carbocycles. The first-order valence-corrected chi connectivity index (χ1v) is 9.11. The van der Waals surface area contributed by atoms with E-state index in [0.29, 0.717) is 6.54 Å². The number of sulfonamides is 1. The second kappa shape index (κ2) is 6.81. The molecule has 0 amide bonds. The molecule has 0 bridgehead atoms. The van der Waals surface area contributed by atoms with Gasteiger partial charge in [0.2, 0.25) is 10.0 Å². The lowest BCUT2D eigenvalue weighted by Gasteiger charge is -2.27. The molecule has 1 saturated heterocycles. The Balaban J connectivity index is 1.81. The van der Waals surface area contributed by atoms with Gasteiger partial charge in [0.05, 0.1) is 5.75 Å². The number of nitrogens with one attached hydrogen (secondary N) is 2. The Kier molecular flexibility index (Phi) is 5.35. The van der Waals surface area contributed by atoms with Crippen LogP contribution in [-0.2, 0) is 10.0 Å². The summed E-state index contributed by atoms with van der Waals surface area (Å²) < 4.78 is 26.8. The van der Waals surface area contributed by atoms with Crippen LogP contribution in [0.25, 0.3) is 0 Å². The van der Waals surface area contributed by atoms with Gasteiger partial charge in [-0.15, -0.1) is 0 Å². The summed E-state index contributed by atoms with van der Waals surface area (Å²) in [5, 5.41) is 7.19. The maximum absolute atomic E-state index is 12.0. The van der Waals surface area contributed by atoms with E-state index in [-0.39, 0.29) is 11.8 Å². The average molecular weight is 303 g/mol. The van der Waals surface area contributed by atoms with Gasteiger partial charge in [-0.3, -0.25) is 4.90 Å². The van der Waals surface area contributed by atoms with Gasteiger partial charge in [-0.2, -0.15) is 11.3 Å². The molecule has 5 nitrogen and oxygen atoms in total.